The van der Waals surface area contributed by atoms with E-state index < -0.39 is 0 Å². The highest BCUT2D eigenvalue weighted by Gasteiger charge is 2.17. The van der Waals surface area contributed by atoms with E-state index in [2.05, 4.69) is 10.3 Å². The lowest BCUT2D eigenvalue weighted by Crippen LogP contribution is -2.41. The number of carbonyl (C=O) groups excluding carboxylic acids is 2. The number of nitrogens with zero attached hydrogens (tertiary/aromatic N) is 3. The van der Waals surface area contributed by atoms with Crippen molar-refractivity contribution < 1.29 is 14.3 Å². The Balaban J connectivity index is 1.69. The minimum atomic E-state index is -0.340. The van der Waals surface area contributed by atoms with Gasteiger partial charge in [0.05, 0.1) is 18.3 Å². The van der Waals surface area contributed by atoms with Crippen LogP contribution in [0.25, 0.3) is 20.7 Å². The van der Waals surface area contributed by atoms with Crippen LogP contribution in [-0.4, -0.2) is 60.1 Å². The van der Waals surface area contributed by atoms with E-state index in [9.17, 15) is 14.4 Å². The number of carbonyl (C=O) groups is 2. The van der Waals surface area contributed by atoms with Crippen molar-refractivity contribution in [2.75, 3.05) is 33.9 Å². The van der Waals surface area contributed by atoms with E-state index in [0.29, 0.717) is 29.8 Å². The molecule has 10 heteroatoms. The first-order chi connectivity index (χ1) is 14.0. The van der Waals surface area contributed by atoms with Crippen LogP contribution >= 0.6 is 22.7 Å². The number of likely N-dealkylation sites (N-methyl/N-ethyl adjacent to an activating group) is 1. The predicted octanol–water partition coefficient (Wildman–Crippen LogP) is 1.80. The molecule has 0 saturated carbocycles. The lowest BCUT2D eigenvalue weighted by Gasteiger charge is -2.17. The van der Waals surface area contributed by atoms with Crippen molar-refractivity contribution in [3.05, 3.63) is 39.6 Å². The summed E-state index contributed by atoms with van der Waals surface area (Å²) in [6.07, 6.45) is 2.09. The first kappa shape index (κ1) is 21.2. The van der Waals surface area contributed by atoms with E-state index in [4.69, 9.17) is 4.74 Å². The molecule has 3 rings (SSSR count). The number of hydrogen-bond acceptors (Lipinski definition) is 7. The van der Waals surface area contributed by atoms with Crippen LogP contribution in [0.3, 0.4) is 0 Å². The molecule has 2 amide bonds. The monoisotopic (exact) mass is 434 g/mol. The maximum absolute atomic E-state index is 13.0. The Morgan fingerprint density at radius 3 is 2.90 bits per heavy atom. The molecule has 0 radical (unpaired) electrons. The van der Waals surface area contributed by atoms with Crippen LogP contribution in [-0.2, 0) is 20.9 Å². The summed E-state index contributed by atoms with van der Waals surface area (Å²) >= 11 is 2.95. The van der Waals surface area contributed by atoms with Crippen molar-refractivity contribution in [2.45, 2.75) is 13.0 Å². The van der Waals surface area contributed by atoms with Gasteiger partial charge in [0.25, 0.3) is 5.56 Å². The van der Waals surface area contributed by atoms with Gasteiger partial charge in [0.15, 0.2) is 0 Å². The number of fused-ring (bicyclic) bond motifs is 1. The summed E-state index contributed by atoms with van der Waals surface area (Å²) in [4.78, 5) is 44.7. The highest BCUT2D eigenvalue weighted by molar-refractivity contribution is 7.18. The van der Waals surface area contributed by atoms with E-state index in [-0.39, 0.29) is 30.5 Å². The Labute approximate surface area is 175 Å². The summed E-state index contributed by atoms with van der Waals surface area (Å²) in [7, 11) is 3.14. The molecule has 0 unspecified atom stereocenters. The predicted molar refractivity (Wildman–Crippen MR) is 114 cm³/mol. The number of rotatable bonds is 9. The second kappa shape index (κ2) is 9.77. The van der Waals surface area contributed by atoms with Gasteiger partial charge in [-0.3, -0.25) is 19.0 Å². The molecule has 8 nitrogen and oxygen atoms in total. The van der Waals surface area contributed by atoms with Gasteiger partial charge in [-0.1, -0.05) is 6.07 Å². The fraction of sp³-hybridized carbons (Fsp3) is 0.368. The smallest absolute Gasteiger partial charge is 0.263 e. The van der Waals surface area contributed by atoms with Crippen LogP contribution in [0.4, 0.5) is 0 Å². The molecule has 3 heterocycles. The fourth-order valence-corrected chi connectivity index (χ4v) is 4.48. The number of amides is 2. The van der Waals surface area contributed by atoms with Gasteiger partial charge in [0.2, 0.25) is 11.8 Å². The molecule has 0 bridgehead atoms. The van der Waals surface area contributed by atoms with Crippen molar-refractivity contribution in [1.29, 1.82) is 0 Å². The number of nitrogens with one attached hydrogen (secondary N) is 1. The molecule has 0 aliphatic heterocycles. The minimum Gasteiger partial charge on any atom is -0.385 e. The zero-order valence-corrected chi connectivity index (χ0v) is 17.8. The second-order valence-corrected chi connectivity index (χ2v) is 8.24. The molecule has 0 aliphatic carbocycles. The molecule has 0 saturated heterocycles. The summed E-state index contributed by atoms with van der Waals surface area (Å²) in [5.74, 6) is -0.594. The lowest BCUT2D eigenvalue weighted by molar-refractivity contribution is -0.135. The van der Waals surface area contributed by atoms with E-state index in [1.165, 1.54) is 34.2 Å². The van der Waals surface area contributed by atoms with E-state index >= 15 is 0 Å². The van der Waals surface area contributed by atoms with Gasteiger partial charge in [0, 0.05) is 43.1 Å². The van der Waals surface area contributed by atoms with Crippen LogP contribution in [0.2, 0.25) is 0 Å². The minimum absolute atomic E-state index is 0.0743. The number of hydrogen-bond donors (Lipinski definition) is 1. The Hall–Kier alpha value is -2.56. The Morgan fingerprint density at radius 2 is 2.17 bits per heavy atom. The molecule has 3 aromatic heterocycles. The van der Waals surface area contributed by atoms with Gasteiger partial charge in [-0.05, 0) is 17.9 Å². The molecular weight excluding hydrogens is 412 g/mol. The average molecular weight is 435 g/mol. The van der Waals surface area contributed by atoms with Crippen molar-refractivity contribution >= 4 is 44.7 Å². The highest BCUT2D eigenvalue weighted by atomic mass is 32.1. The quantitative estimate of drug-likeness (QED) is 0.519. The molecule has 3 aromatic rings. The number of thiophene rings is 2. The fourth-order valence-electron chi connectivity index (χ4n) is 2.76. The summed E-state index contributed by atoms with van der Waals surface area (Å²) in [5.41, 5.74) is 0.577. The first-order valence-electron chi connectivity index (χ1n) is 9.01. The van der Waals surface area contributed by atoms with Crippen LogP contribution in [0.5, 0.6) is 0 Å². The van der Waals surface area contributed by atoms with Gasteiger partial charge >= 0.3 is 0 Å². The van der Waals surface area contributed by atoms with Crippen molar-refractivity contribution in [1.82, 2.24) is 19.8 Å². The van der Waals surface area contributed by atoms with Gasteiger partial charge in [-0.25, -0.2) is 4.98 Å². The van der Waals surface area contributed by atoms with E-state index in [0.717, 1.165) is 10.4 Å². The lowest BCUT2D eigenvalue weighted by atomic mass is 10.2. The molecule has 0 fully saturated rings. The molecule has 0 atom stereocenters. The third-order valence-corrected chi connectivity index (χ3v) is 6.10. The molecule has 154 valence electrons. The molecule has 0 spiro atoms. The van der Waals surface area contributed by atoms with Crippen molar-refractivity contribution in [3.8, 4) is 10.4 Å². The van der Waals surface area contributed by atoms with E-state index in [1.807, 2.05) is 22.9 Å². The van der Waals surface area contributed by atoms with Crippen LogP contribution in [0.1, 0.15) is 6.42 Å². The topological polar surface area (TPSA) is 93.5 Å². The van der Waals surface area contributed by atoms with Gasteiger partial charge in [-0.15, -0.1) is 22.7 Å². The number of ether oxygens (including phenoxy) is 1. The van der Waals surface area contributed by atoms with Gasteiger partial charge in [-0.2, -0.15) is 0 Å². The normalized spacial score (nSPS) is 11.0. The van der Waals surface area contributed by atoms with Crippen molar-refractivity contribution in [2.24, 2.45) is 0 Å². The number of methoxy groups -OCH3 is 1. The SMILES string of the molecule is COCCCNC(=O)CN(C)C(=O)Cn1cnc2scc(-c3cccs3)c2c1=O. The number of aromatic nitrogens is 2. The zero-order valence-electron chi connectivity index (χ0n) is 16.2. The summed E-state index contributed by atoms with van der Waals surface area (Å²) in [5, 5.41) is 7.12. The Kier molecular flexibility index (Phi) is 7.13. The largest absolute Gasteiger partial charge is 0.385 e. The third kappa shape index (κ3) is 5.08. The van der Waals surface area contributed by atoms with Crippen LogP contribution in [0.15, 0.2) is 34.0 Å². The second-order valence-electron chi connectivity index (χ2n) is 6.43. The maximum Gasteiger partial charge on any atom is 0.263 e. The average Bonchev–Trinajstić information content (AvgIpc) is 3.37. The first-order valence-corrected chi connectivity index (χ1v) is 10.8. The highest BCUT2D eigenvalue weighted by Crippen LogP contribution is 2.33. The standard InChI is InChI=1S/C19H22N4O4S2/c1-22(9-15(24)20-6-4-7-27-2)16(25)10-23-12-21-18-17(19(23)26)13(11-29-18)14-5-3-8-28-14/h3,5,8,11-12H,4,6-7,9-10H2,1-2H3,(H,20,24). The molecular formula is C19H22N4O4S2. The third-order valence-electron chi connectivity index (χ3n) is 4.31. The Morgan fingerprint density at radius 1 is 1.34 bits per heavy atom. The van der Waals surface area contributed by atoms with Crippen LogP contribution < -0.4 is 10.9 Å². The maximum atomic E-state index is 13.0. The molecule has 0 aromatic carbocycles. The molecule has 29 heavy (non-hydrogen) atoms. The zero-order chi connectivity index (χ0) is 20.8. The van der Waals surface area contributed by atoms with Crippen LogP contribution in [0, 0.1) is 0 Å². The Bertz CT molecular complexity index is 1040. The van der Waals surface area contributed by atoms with Gasteiger partial charge in [0.1, 0.15) is 11.4 Å². The van der Waals surface area contributed by atoms with Gasteiger partial charge < -0.3 is 15.0 Å². The molecule has 1 N–H and O–H groups in total. The summed E-state index contributed by atoms with van der Waals surface area (Å²) in [6, 6.07) is 3.88. The summed E-state index contributed by atoms with van der Waals surface area (Å²) in [6.45, 7) is 0.798. The molecule has 0 aliphatic rings. The van der Waals surface area contributed by atoms with Crippen molar-refractivity contribution in [3.63, 3.8) is 0 Å². The summed E-state index contributed by atoms with van der Waals surface area (Å²) < 4.78 is 6.22. The van der Waals surface area contributed by atoms with E-state index in [1.54, 1.807) is 18.4 Å².